The predicted octanol–water partition coefficient (Wildman–Crippen LogP) is 1.25. The lowest BCUT2D eigenvalue weighted by Crippen LogP contribution is -2.34. The molecule has 0 aromatic carbocycles. The zero-order valence-corrected chi connectivity index (χ0v) is 11.4. The molecule has 2 aromatic rings. The fourth-order valence-corrected chi connectivity index (χ4v) is 2.64. The Bertz CT molecular complexity index is 632. The topological polar surface area (TPSA) is 74.8 Å². The van der Waals surface area contributed by atoms with Crippen molar-refractivity contribution in [2.75, 3.05) is 18.0 Å². The molecule has 1 saturated heterocycles. The van der Waals surface area contributed by atoms with E-state index in [0.29, 0.717) is 11.7 Å². The second-order valence-corrected chi connectivity index (χ2v) is 5.07. The van der Waals surface area contributed by atoms with Crippen LogP contribution in [0.25, 0.3) is 0 Å². The molecule has 0 atom stereocenters. The van der Waals surface area contributed by atoms with Crippen LogP contribution in [0.3, 0.4) is 0 Å². The van der Waals surface area contributed by atoms with Crippen LogP contribution in [0.2, 0.25) is 0 Å². The molecule has 6 nitrogen and oxygen atoms in total. The number of hydrogen-bond donors (Lipinski definition) is 1. The predicted molar refractivity (Wildman–Crippen MR) is 75.8 cm³/mol. The highest BCUT2D eigenvalue weighted by Crippen LogP contribution is 2.27. The van der Waals surface area contributed by atoms with Crippen LogP contribution in [0.1, 0.15) is 30.3 Å². The molecule has 20 heavy (non-hydrogen) atoms. The van der Waals surface area contributed by atoms with Crippen LogP contribution < -0.4 is 10.5 Å². The maximum absolute atomic E-state index is 11.5. The number of anilines is 1. The smallest absolute Gasteiger partial charge is 0.251 e. The first-order valence-electron chi connectivity index (χ1n) is 6.82. The average molecular weight is 271 g/mol. The number of aromatic nitrogens is 4. The minimum atomic E-state index is -0.0682. The molecule has 104 valence electrons. The molecule has 0 unspecified atom stereocenters. The molecule has 1 aliphatic heterocycles. The lowest BCUT2D eigenvalue weighted by molar-refractivity contribution is 0.488. The Morgan fingerprint density at radius 3 is 2.60 bits per heavy atom. The van der Waals surface area contributed by atoms with Gasteiger partial charge in [-0.15, -0.1) is 0 Å². The van der Waals surface area contributed by atoms with Gasteiger partial charge in [-0.2, -0.15) is 0 Å². The Balaban J connectivity index is 1.71. The lowest BCUT2D eigenvalue weighted by Gasteiger charge is -2.31. The van der Waals surface area contributed by atoms with E-state index in [1.165, 1.54) is 0 Å². The molecule has 0 amide bonds. The molecular formula is C14H17N5O. The van der Waals surface area contributed by atoms with Gasteiger partial charge in [0.1, 0.15) is 5.82 Å². The molecule has 3 rings (SSSR count). The van der Waals surface area contributed by atoms with E-state index in [1.54, 1.807) is 18.5 Å². The zero-order chi connectivity index (χ0) is 13.9. The summed E-state index contributed by atoms with van der Waals surface area (Å²) in [6.45, 7) is 3.60. The number of aryl methyl sites for hydroxylation is 1. The van der Waals surface area contributed by atoms with E-state index in [9.17, 15) is 4.79 Å². The first-order chi connectivity index (χ1) is 9.72. The first-order valence-corrected chi connectivity index (χ1v) is 6.82. The van der Waals surface area contributed by atoms with Gasteiger partial charge in [-0.05, 0) is 25.8 Å². The number of piperidine rings is 1. The molecule has 6 heteroatoms. The monoisotopic (exact) mass is 271 g/mol. The van der Waals surface area contributed by atoms with Crippen molar-refractivity contribution in [2.24, 2.45) is 0 Å². The summed E-state index contributed by atoms with van der Waals surface area (Å²) < 4.78 is 0. The summed E-state index contributed by atoms with van der Waals surface area (Å²) in [7, 11) is 0. The van der Waals surface area contributed by atoms with Crippen LogP contribution >= 0.6 is 0 Å². The van der Waals surface area contributed by atoms with Crippen LogP contribution in [-0.4, -0.2) is 33.0 Å². The Morgan fingerprint density at radius 2 is 1.95 bits per heavy atom. The normalized spacial score (nSPS) is 16.4. The first kappa shape index (κ1) is 12.8. The fourth-order valence-electron chi connectivity index (χ4n) is 2.64. The van der Waals surface area contributed by atoms with E-state index in [1.807, 2.05) is 13.0 Å². The average Bonchev–Trinajstić information content (AvgIpc) is 2.47. The maximum Gasteiger partial charge on any atom is 0.251 e. The molecule has 0 aliphatic carbocycles. The van der Waals surface area contributed by atoms with Gasteiger partial charge in [-0.1, -0.05) is 0 Å². The van der Waals surface area contributed by atoms with E-state index >= 15 is 0 Å². The summed E-state index contributed by atoms with van der Waals surface area (Å²) in [5.74, 6) is 1.80. The van der Waals surface area contributed by atoms with Crippen LogP contribution in [0, 0.1) is 6.92 Å². The van der Waals surface area contributed by atoms with E-state index in [2.05, 4.69) is 24.8 Å². The number of hydrogen-bond acceptors (Lipinski definition) is 5. The van der Waals surface area contributed by atoms with E-state index in [0.717, 1.165) is 37.6 Å². The van der Waals surface area contributed by atoms with Gasteiger partial charge < -0.3 is 9.88 Å². The summed E-state index contributed by atoms with van der Waals surface area (Å²) in [4.78, 5) is 29.4. The lowest BCUT2D eigenvalue weighted by atomic mass is 9.93. The number of rotatable bonds is 2. The summed E-state index contributed by atoms with van der Waals surface area (Å²) >= 11 is 0. The third-order valence-corrected chi connectivity index (χ3v) is 3.63. The van der Waals surface area contributed by atoms with Crippen molar-refractivity contribution in [3.8, 4) is 0 Å². The molecule has 1 N–H and O–H groups in total. The molecule has 1 aliphatic rings. The highest BCUT2D eigenvalue weighted by molar-refractivity contribution is 5.30. The van der Waals surface area contributed by atoms with Crippen LogP contribution in [0.15, 0.2) is 29.3 Å². The van der Waals surface area contributed by atoms with Crippen molar-refractivity contribution >= 4 is 5.95 Å². The zero-order valence-electron chi connectivity index (χ0n) is 11.4. The number of nitrogens with zero attached hydrogens (tertiary/aromatic N) is 4. The summed E-state index contributed by atoms with van der Waals surface area (Å²) in [6, 6.07) is 3.44. The molecule has 0 radical (unpaired) electrons. The minimum Gasteiger partial charge on any atom is -0.341 e. The second-order valence-electron chi connectivity index (χ2n) is 5.07. The molecule has 0 bridgehead atoms. The summed E-state index contributed by atoms with van der Waals surface area (Å²) in [5, 5.41) is 0. The molecule has 0 spiro atoms. The fraction of sp³-hybridized carbons (Fsp3) is 0.429. The second kappa shape index (κ2) is 5.40. The quantitative estimate of drug-likeness (QED) is 0.889. The van der Waals surface area contributed by atoms with Gasteiger partial charge in [0.2, 0.25) is 5.95 Å². The van der Waals surface area contributed by atoms with Crippen molar-refractivity contribution in [2.45, 2.75) is 25.7 Å². The van der Waals surface area contributed by atoms with Gasteiger partial charge in [0.05, 0.1) is 5.69 Å². The van der Waals surface area contributed by atoms with Crippen LogP contribution in [0.4, 0.5) is 5.95 Å². The minimum absolute atomic E-state index is 0.0682. The van der Waals surface area contributed by atoms with Gasteiger partial charge in [-0.25, -0.2) is 15.0 Å². The van der Waals surface area contributed by atoms with Crippen molar-refractivity contribution < 1.29 is 0 Å². The van der Waals surface area contributed by atoms with Gasteiger partial charge in [0.15, 0.2) is 0 Å². The van der Waals surface area contributed by atoms with Crippen molar-refractivity contribution in [1.29, 1.82) is 0 Å². The standard InChI is InChI=1S/C14H17N5O/c1-10-17-12(9-13(20)18-10)11-3-7-19(8-4-11)14-15-5-2-6-16-14/h2,5-6,9,11H,3-4,7-8H2,1H3,(H,17,18,20). The van der Waals surface area contributed by atoms with Gasteiger partial charge in [0, 0.05) is 37.5 Å². The molecule has 1 fully saturated rings. The largest absolute Gasteiger partial charge is 0.341 e. The Hall–Kier alpha value is -2.24. The van der Waals surface area contributed by atoms with Crippen molar-refractivity contribution in [3.63, 3.8) is 0 Å². The van der Waals surface area contributed by atoms with Crippen LogP contribution in [-0.2, 0) is 0 Å². The van der Waals surface area contributed by atoms with Gasteiger partial charge >= 0.3 is 0 Å². The van der Waals surface area contributed by atoms with Gasteiger partial charge in [-0.3, -0.25) is 4.79 Å². The Labute approximate surface area is 116 Å². The Morgan fingerprint density at radius 1 is 1.25 bits per heavy atom. The molecule has 0 saturated carbocycles. The van der Waals surface area contributed by atoms with Crippen molar-refractivity contribution in [1.82, 2.24) is 19.9 Å². The third kappa shape index (κ3) is 2.68. The van der Waals surface area contributed by atoms with Crippen LogP contribution in [0.5, 0.6) is 0 Å². The number of H-pyrrole nitrogens is 1. The number of aromatic amines is 1. The third-order valence-electron chi connectivity index (χ3n) is 3.63. The highest BCUT2D eigenvalue weighted by atomic mass is 16.1. The SMILES string of the molecule is Cc1nc(C2CCN(c3ncccn3)CC2)cc(=O)[nH]1. The highest BCUT2D eigenvalue weighted by Gasteiger charge is 2.23. The molecular weight excluding hydrogens is 254 g/mol. The molecule has 2 aromatic heterocycles. The molecule has 3 heterocycles. The van der Waals surface area contributed by atoms with E-state index in [4.69, 9.17) is 0 Å². The van der Waals surface area contributed by atoms with E-state index < -0.39 is 0 Å². The maximum atomic E-state index is 11.5. The van der Waals surface area contributed by atoms with Crippen molar-refractivity contribution in [3.05, 3.63) is 46.4 Å². The van der Waals surface area contributed by atoms with E-state index in [-0.39, 0.29) is 5.56 Å². The summed E-state index contributed by atoms with van der Waals surface area (Å²) in [5.41, 5.74) is 0.834. The Kier molecular flexibility index (Phi) is 3.45. The van der Waals surface area contributed by atoms with Gasteiger partial charge in [0.25, 0.3) is 5.56 Å². The summed E-state index contributed by atoms with van der Waals surface area (Å²) in [6.07, 6.45) is 5.45. The number of nitrogens with one attached hydrogen (secondary N) is 1.